The minimum Gasteiger partial charge on any atom is -0.327 e. The Bertz CT molecular complexity index is 551. The zero-order valence-electron chi connectivity index (χ0n) is 8.70. The Balaban J connectivity index is 2.67. The van der Waals surface area contributed by atoms with E-state index in [0.29, 0.717) is 4.47 Å². The van der Waals surface area contributed by atoms with Gasteiger partial charge in [-0.3, -0.25) is 4.79 Å². The summed E-state index contributed by atoms with van der Waals surface area (Å²) in [5.74, 6) is 0. The number of halogens is 1. The highest BCUT2D eigenvalue weighted by molar-refractivity contribution is 9.10. The molecule has 1 N–H and O–H groups in total. The van der Waals surface area contributed by atoms with E-state index in [4.69, 9.17) is 0 Å². The van der Waals surface area contributed by atoms with Gasteiger partial charge >= 0.3 is 0 Å². The van der Waals surface area contributed by atoms with Crippen molar-refractivity contribution in [3.05, 3.63) is 45.2 Å². The lowest BCUT2D eigenvalue weighted by Crippen LogP contribution is -2.10. The van der Waals surface area contributed by atoms with E-state index in [0.717, 1.165) is 23.2 Å². The molecular weight excluding hydrogens is 270 g/mol. The average molecular weight is 280 g/mol. The van der Waals surface area contributed by atoms with E-state index < -0.39 is 0 Å². The molecule has 0 aliphatic rings. The first-order valence-electron chi connectivity index (χ1n) is 4.90. The molecule has 0 aliphatic carbocycles. The highest BCUT2D eigenvalue weighted by Gasteiger charge is 2.10. The molecule has 0 spiro atoms. The summed E-state index contributed by atoms with van der Waals surface area (Å²) >= 11 is 3.30. The van der Waals surface area contributed by atoms with Gasteiger partial charge in [-0.15, -0.1) is 0 Å². The van der Waals surface area contributed by atoms with Crippen LogP contribution in [0.25, 0.3) is 11.3 Å². The first-order valence-corrected chi connectivity index (χ1v) is 5.69. The molecule has 0 amide bonds. The molecule has 0 bridgehead atoms. The number of nitrogens with one attached hydrogen (secondary N) is 1. The first kappa shape index (κ1) is 11.0. The predicted octanol–water partition coefficient (Wildman–Crippen LogP) is 2.16. The Kier molecular flexibility index (Phi) is 3.14. The molecule has 0 saturated heterocycles. The molecule has 2 heterocycles. The lowest BCUT2D eigenvalue weighted by Gasteiger charge is -2.07. The van der Waals surface area contributed by atoms with Gasteiger partial charge in [0.15, 0.2) is 0 Å². The van der Waals surface area contributed by atoms with Gasteiger partial charge in [0.2, 0.25) is 0 Å². The second-order valence-electron chi connectivity index (χ2n) is 3.27. The Morgan fingerprint density at radius 1 is 1.50 bits per heavy atom. The highest BCUT2D eigenvalue weighted by atomic mass is 79.9. The van der Waals surface area contributed by atoms with E-state index >= 15 is 0 Å². The molecule has 0 aliphatic heterocycles. The van der Waals surface area contributed by atoms with Gasteiger partial charge in [-0.05, 0) is 34.0 Å². The van der Waals surface area contributed by atoms with Gasteiger partial charge in [0.05, 0.1) is 10.2 Å². The molecule has 0 unspecified atom stereocenters. The molecule has 0 aromatic carbocycles. The van der Waals surface area contributed by atoms with Crippen LogP contribution in [-0.2, 0) is 6.42 Å². The smallest absolute Gasteiger partial charge is 0.262 e. The summed E-state index contributed by atoms with van der Waals surface area (Å²) in [5, 5.41) is 0. The summed E-state index contributed by atoms with van der Waals surface area (Å²) in [6.45, 7) is 2.00. The second-order valence-corrected chi connectivity index (χ2v) is 4.07. The summed E-state index contributed by atoms with van der Waals surface area (Å²) in [7, 11) is 0. The van der Waals surface area contributed by atoms with Crippen LogP contribution in [0.3, 0.4) is 0 Å². The number of H-pyrrole nitrogens is 1. The van der Waals surface area contributed by atoms with Crippen molar-refractivity contribution >= 4 is 15.9 Å². The predicted molar refractivity (Wildman–Crippen MR) is 65.2 cm³/mol. The molecule has 0 radical (unpaired) electrons. The van der Waals surface area contributed by atoms with Gasteiger partial charge in [-0.25, -0.2) is 9.97 Å². The molecule has 4 nitrogen and oxygen atoms in total. The minimum atomic E-state index is -0.116. The van der Waals surface area contributed by atoms with E-state index in [-0.39, 0.29) is 5.56 Å². The maximum atomic E-state index is 11.4. The molecule has 2 rings (SSSR count). The van der Waals surface area contributed by atoms with Crippen molar-refractivity contribution in [3.8, 4) is 11.3 Å². The van der Waals surface area contributed by atoms with Gasteiger partial charge in [-0.1, -0.05) is 6.92 Å². The summed E-state index contributed by atoms with van der Waals surface area (Å²) in [4.78, 5) is 22.2. The number of hydrogen-bond acceptors (Lipinski definition) is 3. The quantitative estimate of drug-likeness (QED) is 0.917. The molecule has 5 heteroatoms. The van der Waals surface area contributed by atoms with Crippen molar-refractivity contribution < 1.29 is 0 Å². The normalized spacial score (nSPS) is 10.4. The Morgan fingerprint density at radius 3 is 2.94 bits per heavy atom. The molecule has 0 fully saturated rings. The maximum Gasteiger partial charge on any atom is 0.262 e. The largest absolute Gasteiger partial charge is 0.327 e. The fraction of sp³-hybridized carbons (Fsp3) is 0.182. The molecule has 2 aromatic rings. The summed E-state index contributed by atoms with van der Waals surface area (Å²) < 4.78 is 0.575. The zero-order chi connectivity index (χ0) is 11.5. The van der Waals surface area contributed by atoms with E-state index in [2.05, 4.69) is 30.9 Å². The topological polar surface area (TPSA) is 58.6 Å². The average Bonchev–Trinajstić information content (AvgIpc) is 2.33. The van der Waals surface area contributed by atoms with Crippen LogP contribution in [0.2, 0.25) is 0 Å². The number of rotatable bonds is 2. The highest BCUT2D eigenvalue weighted by Crippen LogP contribution is 2.24. The van der Waals surface area contributed by atoms with E-state index in [1.165, 1.54) is 6.33 Å². The second kappa shape index (κ2) is 4.57. The molecule has 16 heavy (non-hydrogen) atoms. The van der Waals surface area contributed by atoms with Crippen molar-refractivity contribution in [3.63, 3.8) is 0 Å². The van der Waals surface area contributed by atoms with Crippen LogP contribution >= 0.6 is 15.9 Å². The zero-order valence-corrected chi connectivity index (χ0v) is 10.3. The maximum absolute atomic E-state index is 11.4. The van der Waals surface area contributed by atoms with Gasteiger partial charge in [0.1, 0.15) is 6.33 Å². The Hall–Kier alpha value is -1.49. The number of aromatic nitrogens is 3. The van der Waals surface area contributed by atoms with Crippen molar-refractivity contribution in [2.75, 3.05) is 0 Å². The molecule has 0 saturated carbocycles. The number of hydrogen-bond donors (Lipinski definition) is 1. The number of pyridine rings is 1. The molecule has 2 aromatic heterocycles. The molecular formula is C11H10BrN3O. The summed E-state index contributed by atoms with van der Waals surface area (Å²) in [6, 6.07) is 1.82. The Labute approximate surface area is 101 Å². The van der Waals surface area contributed by atoms with Crippen LogP contribution < -0.4 is 5.56 Å². The van der Waals surface area contributed by atoms with Gasteiger partial charge in [-0.2, -0.15) is 0 Å². The summed E-state index contributed by atoms with van der Waals surface area (Å²) in [5.41, 5.74) is 2.58. The van der Waals surface area contributed by atoms with Gasteiger partial charge in [0.25, 0.3) is 5.56 Å². The summed E-state index contributed by atoms with van der Waals surface area (Å²) in [6.07, 6.45) is 5.63. The van der Waals surface area contributed by atoms with Crippen molar-refractivity contribution in [1.29, 1.82) is 0 Å². The number of nitrogens with zero attached hydrogens (tertiary/aromatic N) is 2. The van der Waals surface area contributed by atoms with Crippen LogP contribution in [0.4, 0.5) is 0 Å². The van der Waals surface area contributed by atoms with Crippen LogP contribution in [0.5, 0.6) is 0 Å². The van der Waals surface area contributed by atoms with E-state index in [1.54, 1.807) is 12.4 Å². The van der Waals surface area contributed by atoms with Gasteiger partial charge in [0, 0.05) is 18.0 Å². The van der Waals surface area contributed by atoms with Crippen molar-refractivity contribution in [1.82, 2.24) is 15.0 Å². The number of aromatic amines is 1. The standard InChI is InChI=1S/C11H10BrN3O/c1-2-7-8(5-14-11(16)10(7)12)9-3-4-13-6-15-9/h3-6H,2H2,1H3,(H,14,16). The Morgan fingerprint density at radius 2 is 2.31 bits per heavy atom. The van der Waals surface area contributed by atoms with Crippen molar-refractivity contribution in [2.24, 2.45) is 0 Å². The first-order chi connectivity index (χ1) is 7.74. The lowest BCUT2D eigenvalue weighted by molar-refractivity contribution is 1.07. The SMILES string of the molecule is CCc1c(-c2ccncn2)c[nH]c(=O)c1Br. The minimum absolute atomic E-state index is 0.116. The van der Waals surface area contributed by atoms with Crippen molar-refractivity contribution in [2.45, 2.75) is 13.3 Å². The third-order valence-corrected chi connectivity index (χ3v) is 3.19. The van der Waals surface area contributed by atoms with E-state index in [1.807, 2.05) is 13.0 Å². The van der Waals surface area contributed by atoms with E-state index in [9.17, 15) is 4.79 Å². The third kappa shape index (κ3) is 1.90. The van der Waals surface area contributed by atoms with Crippen LogP contribution in [0.15, 0.2) is 34.1 Å². The fourth-order valence-corrected chi connectivity index (χ4v) is 2.18. The van der Waals surface area contributed by atoms with Crippen LogP contribution in [0, 0.1) is 0 Å². The van der Waals surface area contributed by atoms with Gasteiger partial charge < -0.3 is 4.98 Å². The lowest BCUT2D eigenvalue weighted by atomic mass is 10.1. The monoisotopic (exact) mass is 279 g/mol. The fourth-order valence-electron chi connectivity index (χ4n) is 1.57. The third-order valence-electron chi connectivity index (χ3n) is 2.35. The van der Waals surface area contributed by atoms with Crippen LogP contribution in [-0.4, -0.2) is 15.0 Å². The van der Waals surface area contributed by atoms with Crippen LogP contribution in [0.1, 0.15) is 12.5 Å². The molecule has 82 valence electrons. The molecule has 0 atom stereocenters.